The monoisotopic (exact) mass is 310 g/mol. The summed E-state index contributed by atoms with van der Waals surface area (Å²) in [4.78, 5) is 23.1. The van der Waals surface area contributed by atoms with E-state index in [1.54, 1.807) is 24.3 Å². The summed E-state index contributed by atoms with van der Waals surface area (Å²) >= 11 is 0. The smallest absolute Gasteiger partial charge is 0.306 e. The van der Waals surface area contributed by atoms with Crippen molar-refractivity contribution in [1.29, 1.82) is 0 Å². The number of carbonyl (C=O) groups is 2. The summed E-state index contributed by atoms with van der Waals surface area (Å²) < 4.78 is 33.3. The lowest BCUT2D eigenvalue weighted by atomic mass is 10.1. The Hall–Kier alpha value is -2.15. The average molecular weight is 310 g/mol. The Balaban J connectivity index is 2.12. The van der Waals surface area contributed by atoms with Gasteiger partial charge in [0.2, 0.25) is 0 Å². The average Bonchev–Trinajstić information content (AvgIpc) is 2.88. The number of benzene rings is 1. The molecular formula is C14H14O6S. The van der Waals surface area contributed by atoms with E-state index in [1.165, 1.54) is 13.4 Å². The number of ether oxygens (including phenoxy) is 1. The number of furan rings is 1. The third-order valence-electron chi connectivity index (χ3n) is 2.98. The minimum absolute atomic E-state index is 0.229. The predicted octanol–water partition coefficient (Wildman–Crippen LogP) is 1.59. The number of sulfone groups is 1. The van der Waals surface area contributed by atoms with E-state index < -0.39 is 33.1 Å². The van der Waals surface area contributed by atoms with Gasteiger partial charge in [0.25, 0.3) is 0 Å². The molecule has 0 spiro atoms. The maximum Gasteiger partial charge on any atom is 0.306 e. The summed E-state index contributed by atoms with van der Waals surface area (Å²) in [5, 5.41) is 0.575. The molecule has 0 fully saturated rings. The second-order valence-electron chi connectivity index (χ2n) is 4.49. The zero-order chi connectivity index (χ0) is 15.5. The third-order valence-corrected chi connectivity index (χ3v) is 4.51. The number of esters is 1. The van der Waals surface area contributed by atoms with Crippen LogP contribution in [0.1, 0.15) is 16.8 Å². The molecule has 0 radical (unpaired) electrons. The van der Waals surface area contributed by atoms with Crippen molar-refractivity contribution in [2.75, 3.05) is 18.6 Å². The molecule has 2 aromatic rings. The molecule has 0 aliphatic heterocycles. The van der Waals surface area contributed by atoms with Crippen LogP contribution in [0.2, 0.25) is 0 Å². The van der Waals surface area contributed by atoms with E-state index in [1.807, 2.05) is 0 Å². The number of para-hydroxylation sites is 1. The highest BCUT2D eigenvalue weighted by Crippen LogP contribution is 2.21. The molecule has 0 amide bonds. The molecule has 7 heteroatoms. The van der Waals surface area contributed by atoms with Crippen LogP contribution in [-0.2, 0) is 19.4 Å². The molecule has 0 saturated carbocycles. The van der Waals surface area contributed by atoms with Gasteiger partial charge in [-0.05, 0) is 6.07 Å². The Kier molecular flexibility index (Phi) is 4.42. The Bertz CT molecular complexity index is 772. The molecule has 1 aromatic heterocycles. The second kappa shape index (κ2) is 6.09. The summed E-state index contributed by atoms with van der Waals surface area (Å²) in [6.07, 6.45) is 0.987. The minimum Gasteiger partial charge on any atom is -0.469 e. The summed E-state index contributed by atoms with van der Waals surface area (Å²) in [6.45, 7) is 0. The minimum atomic E-state index is -3.67. The summed E-state index contributed by atoms with van der Waals surface area (Å²) in [7, 11) is -2.49. The van der Waals surface area contributed by atoms with Gasteiger partial charge >= 0.3 is 5.97 Å². The van der Waals surface area contributed by atoms with Crippen molar-refractivity contribution < 1.29 is 27.2 Å². The summed E-state index contributed by atoms with van der Waals surface area (Å²) in [6, 6.07) is 6.87. The van der Waals surface area contributed by atoms with Gasteiger partial charge in [0, 0.05) is 5.39 Å². The summed E-state index contributed by atoms with van der Waals surface area (Å²) in [5.41, 5.74) is 0.750. The lowest BCUT2D eigenvalue weighted by Crippen LogP contribution is -2.21. The van der Waals surface area contributed by atoms with E-state index in [2.05, 4.69) is 4.74 Å². The van der Waals surface area contributed by atoms with Crippen LogP contribution >= 0.6 is 0 Å². The quantitative estimate of drug-likeness (QED) is 0.594. The lowest BCUT2D eigenvalue weighted by molar-refractivity contribution is -0.140. The van der Waals surface area contributed by atoms with Crippen LogP contribution in [0, 0.1) is 0 Å². The number of ketones is 1. The number of Topliss-reactive ketones (excluding diaryl/α,β-unsaturated/α-hetero) is 1. The SMILES string of the molecule is COC(=O)CCS(=O)(=O)CC(=O)c1coc2ccccc12. The van der Waals surface area contributed by atoms with E-state index in [4.69, 9.17) is 4.42 Å². The van der Waals surface area contributed by atoms with Gasteiger partial charge in [0.15, 0.2) is 15.6 Å². The highest BCUT2D eigenvalue weighted by Gasteiger charge is 2.22. The maximum absolute atomic E-state index is 12.1. The molecule has 0 atom stereocenters. The van der Waals surface area contributed by atoms with Crippen LogP contribution in [-0.4, -0.2) is 38.8 Å². The molecular weight excluding hydrogens is 296 g/mol. The Morgan fingerprint density at radius 2 is 1.95 bits per heavy atom. The van der Waals surface area contributed by atoms with Crippen LogP contribution in [0.5, 0.6) is 0 Å². The molecule has 0 saturated heterocycles. The molecule has 1 aromatic carbocycles. The standard InChI is InChI=1S/C14H14O6S/c1-19-14(16)6-7-21(17,18)9-12(15)11-8-20-13-5-3-2-4-10(11)13/h2-5,8H,6-7,9H2,1H3. The third kappa shape index (κ3) is 3.69. The highest BCUT2D eigenvalue weighted by molar-refractivity contribution is 7.92. The topological polar surface area (TPSA) is 90.7 Å². The van der Waals surface area contributed by atoms with Gasteiger partial charge in [-0.2, -0.15) is 0 Å². The normalized spacial score (nSPS) is 11.5. The Morgan fingerprint density at radius 1 is 1.24 bits per heavy atom. The van der Waals surface area contributed by atoms with Gasteiger partial charge in [-0.25, -0.2) is 8.42 Å². The van der Waals surface area contributed by atoms with Crippen molar-refractivity contribution in [2.45, 2.75) is 6.42 Å². The van der Waals surface area contributed by atoms with Crippen molar-refractivity contribution in [2.24, 2.45) is 0 Å². The van der Waals surface area contributed by atoms with Gasteiger partial charge in [-0.3, -0.25) is 9.59 Å². The van der Waals surface area contributed by atoms with Crippen LogP contribution < -0.4 is 0 Å². The van der Waals surface area contributed by atoms with Crippen molar-refractivity contribution in [3.05, 3.63) is 36.1 Å². The zero-order valence-electron chi connectivity index (χ0n) is 11.4. The Morgan fingerprint density at radius 3 is 2.67 bits per heavy atom. The number of carbonyl (C=O) groups excluding carboxylic acids is 2. The lowest BCUT2D eigenvalue weighted by Gasteiger charge is -2.02. The summed E-state index contributed by atoms with van der Waals surface area (Å²) in [5.74, 6) is -2.25. The maximum atomic E-state index is 12.1. The van der Waals surface area contributed by atoms with Gasteiger partial charge in [0.1, 0.15) is 17.6 Å². The highest BCUT2D eigenvalue weighted by atomic mass is 32.2. The number of fused-ring (bicyclic) bond motifs is 1. The first-order valence-corrected chi connectivity index (χ1v) is 8.02. The molecule has 0 unspecified atom stereocenters. The number of hydrogen-bond acceptors (Lipinski definition) is 6. The molecule has 0 N–H and O–H groups in total. The molecule has 1 heterocycles. The molecule has 6 nitrogen and oxygen atoms in total. The van der Waals surface area contributed by atoms with Crippen molar-refractivity contribution in [3.63, 3.8) is 0 Å². The first-order valence-electron chi connectivity index (χ1n) is 6.19. The Labute approximate surface area is 121 Å². The fraction of sp³-hybridized carbons (Fsp3) is 0.286. The van der Waals surface area contributed by atoms with Gasteiger partial charge in [-0.15, -0.1) is 0 Å². The molecule has 2 rings (SSSR count). The van der Waals surface area contributed by atoms with Crippen molar-refractivity contribution in [3.8, 4) is 0 Å². The largest absolute Gasteiger partial charge is 0.469 e. The van der Waals surface area contributed by atoms with E-state index >= 15 is 0 Å². The number of hydrogen-bond donors (Lipinski definition) is 0. The molecule has 0 aliphatic carbocycles. The van der Waals surface area contributed by atoms with Gasteiger partial charge < -0.3 is 9.15 Å². The fourth-order valence-electron chi connectivity index (χ4n) is 1.88. The van der Waals surface area contributed by atoms with Crippen molar-refractivity contribution >= 4 is 32.6 Å². The molecule has 112 valence electrons. The first-order chi connectivity index (χ1) is 9.93. The van der Waals surface area contributed by atoms with Gasteiger partial charge in [0.05, 0.1) is 24.8 Å². The number of methoxy groups -OCH3 is 1. The fourth-order valence-corrected chi connectivity index (χ4v) is 3.06. The van der Waals surface area contributed by atoms with E-state index in [-0.39, 0.29) is 12.0 Å². The molecule has 0 bridgehead atoms. The zero-order valence-corrected chi connectivity index (χ0v) is 12.2. The number of rotatable bonds is 6. The molecule has 21 heavy (non-hydrogen) atoms. The van der Waals surface area contributed by atoms with Gasteiger partial charge in [-0.1, -0.05) is 18.2 Å². The van der Waals surface area contributed by atoms with E-state index in [0.29, 0.717) is 11.0 Å². The van der Waals surface area contributed by atoms with E-state index in [9.17, 15) is 18.0 Å². The van der Waals surface area contributed by atoms with Crippen LogP contribution in [0.15, 0.2) is 34.9 Å². The predicted molar refractivity (Wildman–Crippen MR) is 75.8 cm³/mol. The van der Waals surface area contributed by atoms with Crippen LogP contribution in [0.25, 0.3) is 11.0 Å². The second-order valence-corrected chi connectivity index (χ2v) is 6.67. The van der Waals surface area contributed by atoms with E-state index in [0.717, 1.165) is 0 Å². The van der Waals surface area contributed by atoms with Crippen LogP contribution in [0.3, 0.4) is 0 Å². The molecule has 0 aliphatic rings. The van der Waals surface area contributed by atoms with Crippen molar-refractivity contribution in [1.82, 2.24) is 0 Å². The van der Waals surface area contributed by atoms with Crippen LogP contribution in [0.4, 0.5) is 0 Å². The first kappa shape index (κ1) is 15.2.